The molecule has 0 aliphatic heterocycles. The minimum Gasteiger partial charge on any atom is -0.497 e. The molecule has 0 aromatic heterocycles. The normalized spacial score (nSPS) is 18.0. The lowest BCUT2D eigenvalue weighted by Crippen LogP contribution is -2.46. The van der Waals surface area contributed by atoms with Gasteiger partial charge in [0.1, 0.15) is 5.75 Å². The summed E-state index contributed by atoms with van der Waals surface area (Å²) in [7, 11) is 3.57. The van der Waals surface area contributed by atoms with E-state index in [1.165, 1.54) is 31.2 Å². The number of ether oxygens (including phenoxy) is 2. The lowest BCUT2D eigenvalue weighted by molar-refractivity contribution is -0.0834. The minimum atomic E-state index is 0.123. The zero-order chi connectivity index (χ0) is 15.1. The van der Waals surface area contributed by atoms with Gasteiger partial charge in [-0.25, -0.2) is 0 Å². The molecule has 1 atom stereocenters. The summed E-state index contributed by atoms with van der Waals surface area (Å²) >= 11 is 0. The summed E-state index contributed by atoms with van der Waals surface area (Å²) in [5.74, 6) is 0.921. The molecule has 0 saturated heterocycles. The van der Waals surface area contributed by atoms with Crippen LogP contribution in [0.25, 0.3) is 0 Å². The minimum absolute atomic E-state index is 0.123. The van der Waals surface area contributed by atoms with E-state index in [0.29, 0.717) is 6.04 Å². The molecule has 1 aromatic rings. The third-order valence-corrected chi connectivity index (χ3v) is 4.64. The number of benzene rings is 1. The van der Waals surface area contributed by atoms with E-state index in [1.807, 2.05) is 19.2 Å². The van der Waals surface area contributed by atoms with Crippen molar-refractivity contribution >= 4 is 0 Å². The molecule has 1 saturated carbocycles. The predicted octanol–water partition coefficient (Wildman–Crippen LogP) is 3.57. The van der Waals surface area contributed by atoms with E-state index in [0.717, 1.165) is 25.1 Å². The number of rotatable bonds is 9. The molecule has 118 valence electrons. The fourth-order valence-electron chi connectivity index (χ4n) is 3.12. The standard InChI is InChI=1S/C18H29NO2/c1-4-12-19-16(14-18(21-3)10-5-11-18)13-15-6-8-17(20-2)9-7-15/h6-9,16,19H,4-5,10-14H2,1-3H3. The molecule has 2 rings (SSSR count). The van der Waals surface area contributed by atoms with Crippen molar-refractivity contribution < 1.29 is 9.47 Å². The summed E-state index contributed by atoms with van der Waals surface area (Å²) in [6, 6.07) is 8.90. The van der Waals surface area contributed by atoms with Crippen LogP contribution in [0.1, 0.15) is 44.6 Å². The maximum Gasteiger partial charge on any atom is 0.118 e. The molecule has 21 heavy (non-hydrogen) atoms. The smallest absolute Gasteiger partial charge is 0.118 e. The number of hydrogen-bond acceptors (Lipinski definition) is 3. The van der Waals surface area contributed by atoms with Gasteiger partial charge in [0.15, 0.2) is 0 Å². The molecule has 0 radical (unpaired) electrons. The monoisotopic (exact) mass is 291 g/mol. The molecular weight excluding hydrogens is 262 g/mol. The summed E-state index contributed by atoms with van der Waals surface area (Å²) in [5.41, 5.74) is 1.48. The first-order valence-corrected chi connectivity index (χ1v) is 8.13. The molecule has 1 aromatic carbocycles. The average Bonchev–Trinajstić information content (AvgIpc) is 2.49. The number of nitrogens with one attached hydrogen (secondary N) is 1. The molecule has 0 amide bonds. The van der Waals surface area contributed by atoms with Crippen LogP contribution in [0.15, 0.2) is 24.3 Å². The zero-order valence-electron chi connectivity index (χ0n) is 13.7. The largest absolute Gasteiger partial charge is 0.497 e. The van der Waals surface area contributed by atoms with Gasteiger partial charge >= 0.3 is 0 Å². The van der Waals surface area contributed by atoms with Gasteiger partial charge in [-0.3, -0.25) is 0 Å². The van der Waals surface area contributed by atoms with E-state index in [1.54, 1.807) is 7.11 Å². The maximum absolute atomic E-state index is 5.80. The Kier molecular flexibility index (Phi) is 6.07. The summed E-state index contributed by atoms with van der Waals surface area (Å²) in [4.78, 5) is 0. The fourth-order valence-corrected chi connectivity index (χ4v) is 3.12. The summed E-state index contributed by atoms with van der Waals surface area (Å²) < 4.78 is 11.0. The van der Waals surface area contributed by atoms with Crippen LogP contribution in [-0.2, 0) is 11.2 Å². The first-order valence-electron chi connectivity index (χ1n) is 8.13. The number of hydrogen-bond donors (Lipinski definition) is 1. The summed E-state index contributed by atoms with van der Waals surface area (Å²) in [5, 5.41) is 3.69. The molecular formula is C18H29NO2. The van der Waals surface area contributed by atoms with Crippen molar-refractivity contribution in [3.05, 3.63) is 29.8 Å². The van der Waals surface area contributed by atoms with E-state index in [9.17, 15) is 0 Å². The molecule has 0 bridgehead atoms. The second-order valence-corrected chi connectivity index (χ2v) is 6.15. The second-order valence-electron chi connectivity index (χ2n) is 6.15. The molecule has 0 heterocycles. The van der Waals surface area contributed by atoms with Gasteiger partial charge in [0.2, 0.25) is 0 Å². The van der Waals surface area contributed by atoms with Crippen LogP contribution in [-0.4, -0.2) is 32.4 Å². The van der Waals surface area contributed by atoms with Crippen molar-refractivity contribution in [3.63, 3.8) is 0 Å². The Bertz CT molecular complexity index is 406. The molecule has 0 spiro atoms. The van der Waals surface area contributed by atoms with Crippen molar-refractivity contribution in [1.29, 1.82) is 0 Å². The van der Waals surface area contributed by atoms with E-state index >= 15 is 0 Å². The predicted molar refractivity (Wildman–Crippen MR) is 87.0 cm³/mol. The van der Waals surface area contributed by atoms with Gasteiger partial charge in [-0.2, -0.15) is 0 Å². The lowest BCUT2D eigenvalue weighted by atomic mass is 9.75. The Morgan fingerprint density at radius 1 is 1.19 bits per heavy atom. The Hall–Kier alpha value is -1.06. The third kappa shape index (κ3) is 4.45. The quantitative estimate of drug-likeness (QED) is 0.754. The fraction of sp³-hybridized carbons (Fsp3) is 0.667. The van der Waals surface area contributed by atoms with Crippen LogP contribution in [0.5, 0.6) is 5.75 Å². The SMILES string of the molecule is CCCNC(Cc1ccc(OC)cc1)CC1(OC)CCC1. The highest BCUT2D eigenvalue weighted by Crippen LogP contribution is 2.39. The molecule has 3 nitrogen and oxygen atoms in total. The van der Waals surface area contributed by atoms with Crippen molar-refractivity contribution in [2.24, 2.45) is 0 Å². The summed E-state index contributed by atoms with van der Waals surface area (Å²) in [6.45, 7) is 3.29. The van der Waals surface area contributed by atoms with Crippen LogP contribution < -0.4 is 10.1 Å². The van der Waals surface area contributed by atoms with Gasteiger partial charge in [0.05, 0.1) is 12.7 Å². The van der Waals surface area contributed by atoms with Crippen LogP contribution >= 0.6 is 0 Å². The van der Waals surface area contributed by atoms with E-state index in [2.05, 4.69) is 24.4 Å². The van der Waals surface area contributed by atoms with Gasteiger partial charge < -0.3 is 14.8 Å². The third-order valence-electron chi connectivity index (χ3n) is 4.64. The van der Waals surface area contributed by atoms with Crippen molar-refractivity contribution in [2.75, 3.05) is 20.8 Å². The first-order chi connectivity index (χ1) is 10.2. The number of methoxy groups -OCH3 is 2. The highest BCUT2D eigenvalue weighted by atomic mass is 16.5. The van der Waals surface area contributed by atoms with Crippen LogP contribution in [0.3, 0.4) is 0 Å². The van der Waals surface area contributed by atoms with E-state index in [-0.39, 0.29) is 5.60 Å². The van der Waals surface area contributed by atoms with Gasteiger partial charge in [0, 0.05) is 13.2 Å². The van der Waals surface area contributed by atoms with Crippen LogP contribution in [0.4, 0.5) is 0 Å². The lowest BCUT2D eigenvalue weighted by Gasteiger charge is -2.43. The first kappa shape index (κ1) is 16.3. The van der Waals surface area contributed by atoms with Gasteiger partial charge in [-0.1, -0.05) is 19.1 Å². The highest BCUT2D eigenvalue weighted by Gasteiger charge is 2.38. The molecule has 1 aliphatic carbocycles. The van der Waals surface area contributed by atoms with Crippen LogP contribution in [0.2, 0.25) is 0 Å². The average molecular weight is 291 g/mol. The maximum atomic E-state index is 5.80. The molecule has 3 heteroatoms. The Labute approximate surface area is 129 Å². The van der Waals surface area contributed by atoms with E-state index in [4.69, 9.17) is 9.47 Å². The van der Waals surface area contributed by atoms with E-state index < -0.39 is 0 Å². The van der Waals surface area contributed by atoms with Gasteiger partial charge in [-0.15, -0.1) is 0 Å². The topological polar surface area (TPSA) is 30.5 Å². The van der Waals surface area contributed by atoms with Crippen molar-refractivity contribution in [1.82, 2.24) is 5.32 Å². The Morgan fingerprint density at radius 3 is 2.38 bits per heavy atom. The van der Waals surface area contributed by atoms with Crippen molar-refractivity contribution in [3.8, 4) is 5.75 Å². The molecule has 1 unspecified atom stereocenters. The van der Waals surface area contributed by atoms with Gasteiger partial charge in [-0.05, 0) is 62.8 Å². The van der Waals surface area contributed by atoms with Crippen molar-refractivity contribution in [2.45, 2.75) is 57.1 Å². The van der Waals surface area contributed by atoms with Gasteiger partial charge in [0.25, 0.3) is 0 Å². The molecule has 1 fully saturated rings. The van der Waals surface area contributed by atoms with Crippen LogP contribution in [0, 0.1) is 0 Å². The Morgan fingerprint density at radius 2 is 1.90 bits per heavy atom. The second kappa shape index (κ2) is 7.81. The molecule has 1 N–H and O–H groups in total. The summed E-state index contributed by atoms with van der Waals surface area (Å²) in [6.07, 6.45) is 7.04. The Balaban J connectivity index is 1.97. The molecule has 1 aliphatic rings. The zero-order valence-corrected chi connectivity index (χ0v) is 13.7. The highest BCUT2D eigenvalue weighted by molar-refractivity contribution is 5.27.